The summed E-state index contributed by atoms with van der Waals surface area (Å²) in [6, 6.07) is -6.20. The van der Waals surface area contributed by atoms with Gasteiger partial charge in [-0.05, 0) is 42.4 Å². The number of hydrogen-bond acceptors (Lipinski definition) is 0. The third-order valence-electron chi connectivity index (χ3n) is 3.04. The van der Waals surface area contributed by atoms with Crippen LogP contribution in [0.4, 0.5) is 0 Å². The molecular weight excluding hydrogens is 515 g/mol. The van der Waals surface area contributed by atoms with Crippen LogP contribution in [0.1, 0.15) is 19.3 Å². The van der Waals surface area contributed by atoms with E-state index < -0.39 is 18.0 Å². The monoisotopic (exact) mass is 526 g/mol. The van der Waals surface area contributed by atoms with Gasteiger partial charge in [0, 0.05) is 10.2 Å². The first-order chi connectivity index (χ1) is 8.62. The number of hydrogen-bond donors (Lipinski definition) is 0. The second kappa shape index (κ2) is 9.25. The molecule has 0 aliphatic carbocycles. The van der Waals surface area contributed by atoms with E-state index in [2.05, 4.69) is 0 Å². The van der Waals surface area contributed by atoms with Gasteiger partial charge in [0.25, 0.3) is 0 Å². The van der Waals surface area contributed by atoms with E-state index in [0.29, 0.717) is 18.1 Å². The van der Waals surface area contributed by atoms with Gasteiger partial charge in [0.2, 0.25) is 0 Å². The molecule has 0 unspecified atom stereocenters. The molecule has 0 fully saturated rings. The summed E-state index contributed by atoms with van der Waals surface area (Å²) in [5, 5.41) is 0.00472. The van der Waals surface area contributed by atoms with Gasteiger partial charge in [-0.25, -0.2) is 0 Å². The third kappa shape index (κ3) is 15.0. The number of rotatable bonds is 9. The first-order valence-corrected chi connectivity index (χ1v) is 22.6. The van der Waals surface area contributed by atoms with Crippen LogP contribution < -0.4 is 0 Å². The zero-order valence-corrected chi connectivity index (χ0v) is 22.4. The first-order valence-electron chi connectivity index (χ1n) is 5.82. The average molecular weight is 531 g/mol. The SMILES string of the molecule is [SiH3]C(CC[Si](Cl)(Cl)Cl)(CC[Si](Cl)(Cl)Cl)CC[Si](Cl)(Cl)Cl. The van der Waals surface area contributed by atoms with E-state index in [4.69, 9.17) is 99.7 Å². The summed E-state index contributed by atoms with van der Waals surface area (Å²) in [5.41, 5.74) is 0. The Balaban J connectivity index is 4.66. The Morgan fingerprint density at radius 2 is 0.750 bits per heavy atom. The van der Waals surface area contributed by atoms with Crippen LogP contribution in [0.3, 0.4) is 0 Å². The van der Waals surface area contributed by atoms with Crippen molar-refractivity contribution in [2.45, 2.75) is 42.4 Å². The van der Waals surface area contributed by atoms with Gasteiger partial charge in [-0.1, -0.05) is 0 Å². The molecule has 0 radical (unpaired) electrons. The van der Waals surface area contributed by atoms with Crippen molar-refractivity contribution in [2.75, 3.05) is 0 Å². The van der Waals surface area contributed by atoms with Gasteiger partial charge in [0.1, 0.15) is 0 Å². The Labute approximate surface area is 168 Å². The summed E-state index contributed by atoms with van der Waals surface area (Å²) in [7, 11) is 0.887. The van der Waals surface area contributed by atoms with Crippen molar-refractivity contribution < 1.29 is 0 Å². The largest absolute Gasteiger partial charge is 0.341 e. The van der Waals surface area contributed by atoms with E-state index >= 15 is 0 Å². The molecule has 0 amide bonds. The lowest BCUT2D eigenvalue weighted by atomic mass is 9.98. The van der Waals surface area contributed by atoms with Crippen LogP contribution in [0.5, 0.6) is 0 Å². The molecule has 0 atom stereocenters. The number of halogens is 9. The molecular formula is C7H15Cl9Si4. The second-order valence-corrected chi connectivity index (χ2v) is 35.1. The Bertz CT molecular complexity index is 249. The van der Waals surface area contributed by atoms with Crippen molar-refractivity contribution in [3.05, 3.63) is 0 Å². The average Bonchev–Trinajstić information content (AvgIpc) is 2.18. The van der Waals surface area contributed by atoms with Gasteiger partial charge >= 0.3 is 18.0 Å². The van der Waals surface area contributed by atoms with Gasteiger partial charge in [0.05, 0.1) is 0 Å². The highest BCUT2D eigenvalue weighted by molar-refractivity contribution is 7.65. The molecule has 0 saturated heterocycles. The summed E-state index contributed by atoms with van der Waals surface area (Å²) in [5.74, 6) is 0. The molecule has 0 aliphatic rings. The highest BCUT2D eigenvalue weighted by atomic mass is 35.9. The first kappa shape index (κ1) is 23.5. The second-order valence-electron chi connectivity index (χ2n) is 5.16. The maximum Gasteiger partial charge on any atom is 0.341 e. The Kier molecular flexibility index (Phi) is 10.9. The lowest BCUT2D eigenvalue weighted by Crippen LogP contribution is -2.23. The quantitative estimate of drug-likeness (QED) is 0.231. The topological polar surface area (TPSA) is 0 Å². The van der Waals surface area contributed by atoms with Gasteiger partial charge < -0.3 is 0 Å². The zero-order valence-electron chi connectivity index (χ0n) is 10.6. The van der Waals surface area contributed by atoms with Crippen LogP contribution in [0.25, 0.3) is 0 Å². The van der Waals surface area contributed by atoms with Gasteiger partial charge in [-0.3, -0.25) is 0 Å². The lowest BCUT2D eigenvalue weighted by Gasteiger charge is -2.32. The molecule has 0 heterocycles. The molecule has 0 saturated carbocycles. The fraction of sp³-hybridized carbons (Fsp3) is 1.00. The zero-order chi connectivity index (χ0) is 16.2. The van der Waals surface area contributed by atoms with E-state index in [9.17, 15) is 0 Å². The molecule has 0 spiro atoms. The van der Waals surface area contributed by atoms with Crippen molar-refractivity contribution >= 4 is 128 Å². The fourth-order valence-corrected chi connectivity index (χ4v) is 9.17. The van der Waals surface area contributed by atoms with E-state index in [1.54, 1.807) is 0 Å². The predicted molar refractivity (Wildman–Crippen MR) is 111 cm³/mol. The molecule has 0 nitrogen and oxygen atoms in total. The minimum absolute atomic E-state index is 0.00472. The summed E-state index contributed by atoms with van der Waals surface area (Å²) >= 11 is 53.7. The molecule has 122 valence electrons. The summed E-state index contributed by atoms with van der Waals surface area (Å²) < 4.78 is 0. The van der Waals surface area contributed by atoms with E-state index in [1.807, 2.05) is 0 Å². The van der Waals surface area contributed by atoms with Crippen LogP contribution in [-0.4, -0.2) is 28.3 Å². The summed E-state index contributed by atoms with van der Waals surface area (Å²) in [6.07, 6.45) is 2.39. The van der Waals surface area contributed by atoms with Crippen molar-refractivity contribution in [3.8, 4) is 0 Å². The lowest BCUT2D eigenvalue weighted by molar-refractivity contribution is 0.501. The minimum atomic E-state index is -2.65. The smallest absolute Gasteiger partial charge is 0.126 e. The molecule has 0 aromatic rings. The summed E-state index contributed by atoms with van der Waals surface area (Å²) in [4.78, 5) is 0. The standard InChI is InChI=1S/C7H15Cl9Si4/c8-18(9,10)4-1-7(17,2-5-19(11,12)13)3-6-20(14,15)16/h1-6H2,17H3. The van der Waals surface area contributed by atoms with Crippen molar-refractivity contribution in [1.29, 1.82) is 0 Å². The third-order valence-corrected chi connectivity index (χ3v) is 12.1. The molecule has 0 aromatic carbocycles. The van der Waals surface area contributed by atoms with Crippen LogP contribution in [0.15, 0.2) is 0 Å². The molecule has 0 bridgehead atoms. The van der Waals surface area contributed by atoms with Crippen LogP contribution >= 0.6 is 99.7 Å². The van der Waals surface area contributed by atoms with Crippen LogP contribution in [0.2, 0.25) is 23.2 Å². The maximum absolute atomic E-state index is 5.97. The van der Waals surface area contributed by atoms with E-state index in [1.165, 1.54) is 0 Å². The molecule has 0 aliphatic heterocycles. The fourth-order valence-electron chi connectivity index (χ4n) is 1.71. The van der Waals surface area contributed by atoms with Crippen molar-refractivity contribution in [2.24, 2.45) is 0 Å². The van der Waals surface area contributed by atoms with Crippen LogP contribution in [-0.2, 0) is 0 Å². The Morgan fingerprint density at radius 1 is 0.550 bits per heavy atom. The Morgan fingerprint density at radius 3 is 0.900 bits per heavy atom. The molecule has 0 N–H and O–H groups in total. The molecule has 13 heteroatoms. The normalized spacial score (nSPS) is 14.8. The van der Waals surface area contributed by atoms with Gasteiger partial charge in [-0.2, -0.15) is 0 Å². The minimum Gasteiger partial charge on any atom is -0.126 e. The van der Waals surface area contributed by atoms with Crippen molar-refractivity contribution in [3.63, 3.8) is 0 Å². The molecule has 0 rings (SSSR count). The molecule has 0 aromatic heterocycles. The summed E-state index contributed by atoms with van der Waals surface area (Å²) in [6.45, 7) is 0. The predicted octanol–water partition coefficient (Wildman–Crippen LogP) is 6.65. The van der Waals surface area contributed by atoms with E-state index in [0.717, 1.165) is 29.5 Å². The van der Waals surface area contributed by atoms with Crippen molar-refractivity contribution in [1.82, 2.24) is 0 Å². The highest BCUT2D eigenvalue weighted by Gasteiger charge is 2.37. The molecule has 20 heavy (non-hydrogen) atoms. The van der Waals surface area contributed by atoms with Crippen LogP contribution in [0, 0.1) is 0 Å². The highest BCUT2D eigenvalue weighted by Crippen LogP contribution is 2.47. The van der Waals surface area contributed by atoms with Gasteiger partial charge in [-0.15, -0.1) is 99.7 Å². The maximum atomic E-state index is 5.97. The van der Waals surface area contributed by atoms with Gasteiger partial charge in [0.15, 0.2) is 0 Å². The Hall–Kier alpha value is 3.48. The van der Waals surface area contributed by atoms with E-state index in [-0.39, 0.29) is 5.04 Å².